The van der Waals surface area contributed by atoms with Gasteiger partial charge in [-0.25, -0.2) is 9.97 Å². The van der Waals surface area contributed by atoms with Gasteiger partial charge in [0.05, 0.1) is 19.7 Å². The minimum Gasteiger partial charge on any atom is -0.493 e. The zero-order chi connectivity index (χ0) is 14.4. The van der Waals surface area contributed by atoms with E-state index in [4.69, 9.17) is 9.47 Å². The van der Waals surface area contributed by atoms with E-state index in [1.165, 1.54) is 19.2 Å². The molecule has 1 aliphatic carbocycles. The Morgan fingerprint density at radius 2 is 1.95 bits per heavy atom. The molecule has 1 saturated carbocycles. The smallest absolute Gasteiger partial charge is 0.226 e. The molecule has 1 N–H and O–H groups in total. The Morgan fingerprint density at radius 3 is 2.67 bits per heavy atom. The lowest BCUT2D eigenvalue weighted by atomic mass is 10.2. The van der Waals surface area contributed by atoms with Crippen LogP contribution in [0.3, 0.4) is 0 Å². The molecular formula is C14H15N5O2. The molecule has 0 atom stereocenters. The molecule has 1 aromatic carbocycles. The summed E-state index contributed by atoms with van der Waals surface area (Å²) in [4.78, 5) is 9.00. The van der Waals surface area contributed by atoms with Crippen LogP contribution in [0.5, 0.6) is 11.5 Å². The summed E-state index contributed by atoms with van der Waals surface area (Å²) < 4.78 is 12.4. The Kier molecular flexibility index (Phi) is 2.60. The number of anilines is 1. The first kappa shape index (κ1) is 12.2. The number of hydrogen-bond donors (Lipinski definition) is 1. The molecule has 2 aromatic heterocycles. The quantitative estimate of drug-likeness (QED) is 0.789. The van der Waals surface area contributed by atoms with Crippen molar-refractivity contribution >= 4 is 22.5 Å². The standard InChI is InChI=1S/C14H15N5O2/c1-20-11-5-9-10(6-12(11)21-2)18-14(17-8-3-4-8)19-13(9)15-7-16-19/h5-8H,3-4H2,1-2H3,(H,17,18). The van der Waals surface area contributed by atoms with Crippen LogP contribution in [-0.4, -0.2) is 39.8 Å². The average molecular weight is 285 g/mol. The second kappa shape index (κ2) is 4.47. The van der Waals surface area contributed by atoms with Crippen molar-refractivity contribution in [2.45, 2.75) is 18.9 Å². The Balaban J connectivity index is 2.00. The Bertz CT molecular complexity index is 825. The zero-order valence-corrected chi connectivity index (χ0v) is 11.8. The number of benzene rings is 1. The summed E-state index contributed by atoms with van der Waals surface area (Å²) in [5.74, 6) is 2.02. The van der Waals surface area contributed by atoms with Crippen molar-refractivity contribution < 1.29 is 9.47 Å². The van der Waals surface area contributed by atoms with Gasteiger partial charge in [-0.1, -0.05) is 0 Å². The van der Waals surface area contributed by atoms with E-state index >= 15 is 0 Å². The molecular weight excluding hydrogens is 270 g/mol. The highest BCUT2D eigenvalue weighted by molar-refractivity contribution is 5.94. The van der Waals surface area contributed by atoms with Gasteiger partial charge in [0.25, 0.3) is 0 Å². The lowest BCUT2D eigenvalue weighted by Gasteiger charge is -2.11. The molecule has 108 valence electrons. The van der Waals surface area contributed by atoms with Gasteiger partial charge in [0, 0.05) is 17.5 Å². The molecule has 7 heteroatoms. The SMILES string of the molecule is COc1cc2nc(NC3CC3)n3ncnc3c2cc1OC. The third-order valence-electron chi connectivity index (χ3n) is 3.63. The third kappa shape index (κ3) is 1.93. The molecule has 2 heterocycles. The van der Waals surface area contributed by atoms with Crippen LogP contribution in [0.4, 0.5) is 5.95 Å². The van der Waals surface area contributed by atoms with E-state index < -0.39 is 0 Å². The molecule has 21 heavy (non-hydrogen) atoms. The van der Waals surface area contributed by atoms with E-state index in [9.17, 15) is 0 Å². The fourth-order valence-electron chi connectivity index (χ4n) is 2.39. The summed E-state index contributed by atoms with van der Waals surface area (Å²) in [5, 5.41) is 8.52. The van der Waals surface area contributed by atoms with Crippen molar-refractivity contribution in [2.24, 2.45) is 0 Å². The zero-order valence-electron chi connectivity index (χ0n) is 11.8. The Labute approximate surface area is 120 Å². The maximum atomic E-state index is 5.35. The Morgan fingerprint density at radius 1 is 1.19 bits per heavy atom. The molecule has 0 aliphatic heterocycles. The highest BCUT2D eigenvalue weighted by Crippen LogP contribution is 2.34. The van der Waals surface area contributed by atoms with E-state index in [-0.39, 0.29) is 0 Å². The minimum absolute atomic E-state index is 0.488. The summed E-state index contributed by atoms with van der Waals surface area (Å²) >= 11 is 0. The van der Waals surface area contributed by atoms with Crippen molar-refractivity contribution in [3.63, 3.8) is 0 Å². The van der Waals surface area contributed by atoms with Gasteiger partial charge >= 0.3 is 0 Å². The van der Waals surface area contributed by atoms with Crippen LogP contribution in [0, 0.1) is 0 Å². The van der Waals surface area contributed by atoms with Gasteiger partial charge in [-0.15, -0.1) is 0 Å². The predicted molar refractivity (Wildman–Crippen MR) is 78.0 cm³/mol. The summed E-state index contributed by atoms with van der Waals surface area (Å²) in [7, 11) is 3.23. The van der Waals surface area contributed by atoms with Crippen LogP contribution in [0.2, 0.25) is 0 Å². The first-order chi connectivity index (χ1) is 10.3. The predicted octanol–water partition coefficient (Wildman–Crippen LogP) is 1.87. The van der Waals surface area contributed by atoms with Crippen molar-refractivity contribution in [2.75, 3.05) is 19.5 Å². The number of aromatic nitrogens is 4. The molecule has 3 aromatic rings. The van der Waals surface area contributed by atoms with Crippen LogP contribution in [0.15, 0.2) is 18.5 Å². The molecule has 0 amide bonds. The van der Waals surface area contributed by atoms with Gasteiger partial charge in [-0.2, -0.15) is 9.61 Å². The van der Waals surface area contributed by atoms with Crippen LogP contribution in [0.1, 0.15) is 12.8 Å². The van der Waals surface area contributed by atoms with Crippen molar-refractivity contribution in [1.82, 2.24) is 19.6 Å². The van der Waals surface area contributed by atoms with Gasteiger partial charge < -0.3 is 14.8 Å². The van der Waals surface area contributed by atoms with E-state index in [0.29, 0.717) is 23.5 Å². The van der Waals surface area contributed by atoms with Crippen LogP contribution in [-0.2, 0) is 0 Å². The van der Waals surface area contributed by atoms with Gasteiger partial charge in [-0.05, 0) is 18.9 Å². The van der Waals surface area contributed by atoms with E-state index in [0.717, 1.165) is 16.6 Å². The molecule has 7 nitrogen and oxygen atoms in total. The molecule has 0 spiro atoms. The summed E-state index contributed by atoms with van der Waals surface area (Å²) in [6.07, 6.45) is 3.87. The van der Waals surface area contributed by atoms with E-state index in [1.54, 1.807) is 18.7 Å². The largest absolute Gasteiger partial charge is 0.493 e. The maximum absolute atomic E-state index is 5.35. The minimum atomic E-state index is 0.488. The van der Waals surface area contributed by atoms with Crippen LogP contribution in [0.25, 0.3) is 16.6 Å². The number of nitrogens with zero attached hydrogens (tertiary/aromatic N) is 4. The molecule has 4 rings (SSSR count). The molecule has 1 fully saturated rings. The summed E-state index contributed by atoms with van der Waals surface area (Å²) in [5.41, 5.74) is 1.56. The summed E-state index contributed by atoms with van der Waals surface area (Å²) in [6.45, 7) is 0. The molecule has 0 unspecified atom stereocenters. The first-order valence-electron chi connectivity index (χ1n) is 6.82. The average Bonchev–Trinajstić information content (AvgIpc) is 3.18. The van der Waals surface area contributed by atoms with Crippen molar-refractivity contribution in [3.05, 3.63) is 18.5 Å². The molecule has 0 bridgehead atoms. The van der Waals surface area contributed by atoms with Crippen LogP contribution >= 0.6 is 0 Å². The number of nitrogens with one attached hydrogen (secondary N) is 1. The topological polar surface area (TPSA) is 73.6 Å². The molecule has 1 aliphatic rings. The second-order valence-electron chi connectivity index (χ2n) is 5.07. The second-order valence-corrected chi connectivity index (χ2v) is 5.07. The number of hydrogen-bond acceptors (Lipinski definition) is 6. The number of methoxy groups -OCH3 is 2. The first-order valence-corrected chi connectivity index (χ1v) is 6.82. The van der Waals surface area contributed by atoms with Gasteiger partial charge in [0.15, 0.2) is 17.1 Å². The van der Waals surface area contributed by atoms with E-state index in [1.807, 2.05) is 12.1 Å². The fraction of sp³-hybridized carbons (Fsp3) is 0.357. The lowest BCUT2D eigenvalue weighted by Crippen LogP contribution is -2.09. The number of ether oxygens (including phenoxy) is 2. The number of rotatable bonds is 4. The monoisotopic (exact) mass is 285 g/mol. The highest BCUT2D eigenvalue weighted by Gasteiger charge is 2.23. The van der Waals surface area contributed by atoms with E-state index in [2.05, 4.69) is 20.4 Å². The summed E-state index contributed by atoms with van der Waals surface area (Å²) in [6, 6.07) is 4.23. The number of fused-ring (bicyclic) bond motifs is 3. The fourth-order valence-corrected chi connectivity index (χ4v) is 2.39. The van der Waals surface area contributed by atoms with Gasteiger partial charge in [-0.3, -0.25) is 0 Å². The highest BCUT2D eigenvalue weighted by atomic mass is 16.5. The van der Waals surface area contributed by atoms with Crippen LogP contribution < -0.4 is 14.8 Å². The van der Waals surface area contributed by atoms with Crippen molar-refractivity contribution in [1.29, 1.82) is 0 Å². The van der Waals surface area contributed by atoms with Gasteiger partial charge in [0.1, 0.15) is 6.33 Å². The lowest BCUT2D eigenvalue weighted by molar-refractivity contribution is 0.356. The van der Waals surface area contributed by atoms with Crippen molar-refractivity contribution in [3.8, 4) is 11.5 Å². The third-order valence-corrected chi connectivity index (χ3v) is 3.63. The normalized spacial score (nSPS) is 14.6. The maximum Gasteiger partial charge on any atom is 0.226 e. The van der Waals surface area contributed by atoms with Gasteiger partial charge in [0.2, 0.25) is 5.95 Å². The Hall–Kier alpha value is -2.57. The molecule has 0 saturated heterocycles. The molecule has 0 radical (unpaired) electrons.